The van der Waals surface area contributed by atoms with Gasteiger partial charge in [0.05, 0.1) is 11.7 Å². The van der Waals surface area contributed by atoms with E-state index in [1.807, 2.05) is 69.7 Å². The van der Waals surface area contributed by atoms with Gasteiger partial charge in [0.15, 0.2) is 5.65 Å². The van der Waals surface area contributed by atoms with Crippen LogP contribution in [0.25, 0.3) is 16.6 Å². The Hall–Kier alpha value is -4.90. The van der Waals surface area contributed by atoms with Crippen molar-refractivity contribution in [1.29, 1.82) is 0 Å². The Labute approximate surface area is 231 Å². The molecule has 1 fully saturated rings. The van der Waals surface area contributed by atoms with Crippen molar-refractivity contribution in [1.82, 2.24) is 34.4 Å². The number of carbonyl (C=O) groups is 1. The van der Waals surface area contributed by atoms with Crippen LogP contribution in [0, 0.1) is 6.92 Å². The van der Waals surface area contributed by atoms with Crippen LogP contribution in [-0.4, -0.2) is 67.0 Å². The fourth-order valence-corrected chi connectivity index (χ4v) is 4.59. The maximum atomic E-state index is 13.2. The number of anilines is 3. The molecule has 0 aliphatic carbocycles. The summed E-state index contributed by atoms with van der Waals surface area (Å²) in [5.41, 5.74) is 4.00. The molecule has 40 heavy (non-hydrogen) atoms. The first kappa shape index (κ1) is 25.4. The molecule has 1 aliphatic rings. The number of aryl methyl sites for hydroxylation is 1. The maximum absolute atomic E-state index is 13.2. The average Bonchev–Trinajstić information content (AvgIpc) is 3.56. The summed E-state index contributed by atoms with van der Waals surface area (Å²) in [6.07, 6.45) is 9.22. The Bertz CT molecular complexity index is 1760. The molecule has 5 heterocycles. The summed E-state index contributed by atoms with van der Waals surface area (Å²) in [7, 11) is 4.00. The zero-order chi connectivity index (χ0) is 27.8. The summed E-state index contributed by atoms with van der Waals surface area (Å²) >= 11 is 0. The van der Waals surface area contributed by atoms with E-state index in [0.717, 1.165) is 28.0 Å². The standard InChI is InChI=1S/C29H29N9O2/c1-18-11-21(5-6-25(18)40-22-8-10-38-27(13-22)32-17-34-38)35-28-23-14-26(30-15-24(23)31-16-33-28)37-9-7-20(29(37)39)12-19(2)36(3)4/h5-6,8,10-17,19H,7,9H2,1-4H3,(H,31,33,35)/b20-12+/t19-/m1/s1. The molecule has 0 saturated carbocycles. The summed E-state index contributed by atoms with van der Waals surface area (Å²) in [5, 5.41) is 8.29. The number of carbonyl (C=O) groups excluding carboxylic acids is 1. The van der Waals surface area contributed by atoms with Crippen molar-refractivity contribution in [2.24, 2.45) is 0 Å². The smallest absolute Gasteiger partial charge is 0.255 e. The highest BCUT2D eigenvalue weighted by Crippen LogP contribution is 2.32. The SMILES string of the molecule is Cc1cc(Nc2ncnc3cnc(N4CC/C(=C\[C@@H](C)N(C)C)C4=O)cc23)ccc1Oc1ccn2ncnc2c1. The average molecular weight is 536 g/mol. The van der Waals surface area contributed by atoms with Crippen LogP contribution in [0.15, 0.2) is 73.1 Å². The van der Waals surface area contributed by atoms with Crippen LogP contribution in [-0.2, 0) is 4.79 Å². The van der Waals surface area contributed by atoms with E-state index in [2.05, 4.69) is 42.2 Å². The molecular weight excluding hydrogens is 506 g/mol. The highest BCUT2D eigenvalue weighted by molar-refractivity contribution is 6.08. The number of aromatic nitrogens is 6. The van der Waals surface area contributed by atoms with Gasteiger partial charge in [0.1, 0.15) is 35.8 Å². The van der Waals surface area contributed by atoms with Crippen molar-refractivity contribution in [3.05, 3.63) is 78.7 Å². The summed E-state index contributed by atoms with van der Waals surface area (Å²) in [6.45, 7) is 4.65. The van der Waals surface area contributed by atoms with Gasteiger partial charge >= 0.3 is 0 Å². The lowest BCUT2D eigenvalue weighted by Gasteiger charge is -2.17. The second kappa shape index (κ2) is 10.3. The monoisotopic (exact) mass is 535 g/mol. The number of hydrogen-bond acceptors (Lipinski definition) is 9. The first-order valence-corrected chi connectivity index (χ1v) is 13.0. The van der Waals surface area contributed by atoms with Gasteiger partial charge in [-0.2, -0.15) is 5.10 Å². The lowest BCUT2D eigenvalue weighted by molar-refractivity contribution is -0.114. The minimum Gasteiger partial charge on any atom is -0.457 e. The third-order valence-corrected chi connectivity index (χ3v) is 7.08. The first-order chi connectivity index (χ1) is 19.4. The number of likely N-dealkylation sites (N-methyl/N-ethyl adjacent to an activating group) is 1. The van der Waals surface area contributed by atoms with Gasteiger partial charge in [0.25, 0.3) is 5.91 Å². The Kier molecular flexibility index (Phi) is 6.56. The van der Waals surface area contributed by atoms with Gasteiger partial charge in [-0.1, -0.05) is 6.08 Å². The van der Waals surface area contributed by atoms with Gasteiger partial charge in [0, 0.05) is 41.5 Å². The maximum Gasteiger partial charge on any atom is 0.255 e. The van der Waals surface area contributed by atoms with E-state index in [-0.39, 0.29) is 11.9 Å². The number of amides is 1. The fraction of sp³-hybridized carbons (Fsp3) is 0.241. The topological polar surface area (TPSA) is 114 Å². The van der Waals surface area contributed by atoms with Crippen molar-refractivity contribution >= 4 is 39.8 Å². The molecule has 1 amide bonds. The van der Waals surface area contributed by atoms with Gasteiger partial charge in [-0.15, -0.1) is 0 Å². The molecule has 1 saturated heterocycles. The molecular formula is C29H29N9O2. The molecule has 1 N–H and O–H groups in total. The molecule has 4 aromatic heterocycles. The second-order valence-electron chi connectivity index (χ2n) is 10.0. The second-order valence-corrected chi connectivity index (χ2v) is 10.0. The molecule has 0 radical (unpaired) electrons. The van der Waals surface area contributed by atoms with E-state index in [1.165, 1.54) is 12.7 Å². The van der Waals surface area contributed by atoms with Crippen molar-refractivity contribution < 1.29 is 9.53 Å². The van der Waals surface area contributed by atoms with Crippen molar-refractivity contribution in [2.45, 2.75) is 26.3 Å². The van der Waals surface area contributed by atoms with Gasteiger partial charge in [0.2, 0.25) is 0 Å². The summed E-state index contributed by atoms with van der Waals surface area (Å²) < 4.78 is 7.78. The van der Waals surface area contributed by atoms with Crippen molar-refractivity contribution in [3.63, 3.8) is 0 Å². The number of rotatable bonds is 7. The number of nitrogens with zero attached hydrogens (tertiary/aromatic N) is 8. The van der Waals surface area contributed by atoms with Crippen molar-refractivity contribution in [2.75, 3.05) is 30.9 Å². The number of fused-ring (bicyclic) bond motifs is 2. The van der Waals surface area contributed by atoms with E-state index in [4.69, 9.17) is 4.74 Å². The zero-order valence-corrected chi connectivity index (χ0v) is 22.7. The molecule has 0 unspecified atom stereocenters. The number of benzene rings is 1. The molecule has 11 heteroatoms. The predicted octanol–water partition coefficient (Wildman–Crippen LogP) is 4.53. The van der Waals surface area contributed by atoms with E-state index < -0.39 is 0 Å². The van der Waals surface area contributed by atoms with E-state index in [0.29, 0.717) is 41.5 Å². The Morgan fingerprint density at radius 3 is 2.77 bits per heavy atom. The Morgan fingerprint density at radius 1 is 1.07 bits per heavy atom. The van der Waals surface area contributed by atoms with Crippen LogP contribution < -0.4 is 15.0 Å². The minimum absolute atomic E-state index is 0.0127. The van der Waals surface area contributed by atoms with E-state index in [1.54, 1.807) is 15.6 Å². The van der Waals surface area contributed by atoms with Crippen LogP contribution in [0.2, 0.25) is 0 Å². The quantitative estimate of drug-likeness (QED) is 0.300. The Balaban J connectivity index is 1.23. The molecule has 1 atom stereocenters. The fourth-order valence-electron chi connectivity index (χ4n) is 4.59. The highest BCUT2D eigenvalue weighted by Gasteiger charge is 2.29. The molecule has 5 aromatic rings. The lowest BCUT2D eigenvalue weighted by Crippen LogP contribution is -2.27. The highest BCUT2D eigenvalue weighted by atomic mass is 16.5. The number of ether oxygens (including phenoxy) is 1. The molecule has 6 rings (SSSR count). The molecule has 202 valence electrons. The van der Waals surface area contributed by atoms with Crippen molar-refractivity contribution in [3.8, 4) is 11.5 Å². The third-order valence-electron chi connectivity index (χ3n) is 7.08. The minimum atomic E-state index is -0.0127. The van der Waals surface area contributed by atoms with Gasteiger partial charge in [-0.25, -0.2) is 24.5 Å². The molecule has 1 aliphatic heterocycles. The van der Waals surface area contributed by atoms with Crippen LogP contribution in [0.4, 0.5) is 17.3 Å². The molecule has 0 bridgehead atoms. The van der Waals surface area contributed by atoms with Gasteiger partial charge < -0.3 is 15.0 Å². The van der Waals surface area contributed by atoms with Crippen LogP contribution in [0.5, 0.6) is 11.5 Å². The van der Waals surface area contributed by atoms with Crippen LogP contribution in [0.3, 0.4) is 0 Å². The normalized spacial score (nSPS) is 15.5. The first-order valence-electron chi connectivity index (χ1n) is 13.0. The van der Waals surface area contributed by atoms with E-state index in [9.17, 15) is 4.79 Å². The van der Waals surface area contributed by atoms with E-state index >= 15 is 0 Å². The summed E-state index contributed by atoms with van der Waals surface area (Å²) in [6, 6.07) is 11.6. The lowest BCUT2D eigenvalue weighted by atomic mass is 10.1. The number of pyridine rings is 2. The van der Waals surface area contributed by atoms with Gasteiger partial charge in [-0.05, 0) is 70.3 Å². The molecule has 0 spiro atoms. The molecule has 11 nitrogen and oxygen atoms in total. The third kappa shape index (κ3) is 4.94. The van der Waals surface area contributed by atoms with Gasteiger partial charge in [-0.3, -0.25) is 9.69 Å². The number of nitrogens with one attached hydrogen (secondary N) is 1. The van der Waals surface area contributed by atoms with Crippen LogP contribution >= 0.6 is 0 Å². The largest absolute Gasteiger partial charge is 0.457 e. The number of hydrogen-bond donors (Lipinski definition) is 1. The Morgan fingerprint density at radius 2 is 1.95 bits per heavy atom. The summed E-state index contributed by atoms with van der Waals surface area (Å²) in [5.74, 6) is 2.61. The zero-order valence-electron chi connectivity index (χ0n) is 22.7. The van der Waals surface area contributed by atoms with Crippen LogP contribution in [0.1, 0.15) is 18.9 Å². The predicted molar refractivity (Wildman–Crippen MR) is 153 cm³/mol. The summed E-state index contributed by atoms with van der Waals surface area (Å²) in [4.78, 5) is 34.6. The molecule has 1 aromatic carbocycles.